The second kappa shape index (κ2) is 6.04. The van der Waals surface area contributed by atoms with Gasteiger partial charge in [-0.2, -0.15) is 13.2 Å². The average molecular weight is 307 g/mol. The van der Waals surface area contributed by atoms with E-state index in [4.69, 9.17) is 0 Å². The highest BCUT2D eigenvalue weighted by molar-refractivity contribution is 5.25. The molecule has 3 nitrogen and oxygen atoms in total. The Hall–Kier alpha value is -1.95. The molecule has 3 rings (SSSR count). The van der Waals surface area contributed by atoms with Gasteiger partial charge in [0.1, 0.15) is 0 Å². The van der Waals surface area contributed by atoms with E-state index >= 15 is 0 Å². The third kappa shape index (κ3) is 3.27. The fraction of sp³-hybridized carbons (Fsp3) is 0.375. The van der Waals surface area contributed by atoms with Crippen LogP contribution in [-0.4, -0.2) is 9.97 Å². The van der Waals surface area contributed by atoms with Crippen molar-refractivity contribution in [1.82, 2.24) is 15.3 Å². The van der Waals surface area contributed by atoms with Gasteiger partial charge in [-0.1, -0.05) is 6.07 Å². The number of hydrogen-bond donors (Lipinski definition) is 1. The fourth-order valence-corrected chi connectivity index (χ4v) is 2.73. The van der Waals surface area contributed by atoms with Crippen LogP contribution in [0, 0.1) is 0 Å². The summed E-state index contributed by atoms with van der Waals surface area (Å²) in [5.74, 6) is 0. The Kier molecular flexibility index (Phi) is 4.11. The lowest BCUT2D eigenvalue weighted by Crippen LogP contribution is -2.26. The van der Waals surface area contributed by atoms with Gasteiger partial charge in [0.25, 0.3) is 0 Å². The summed E-state index contributed by atoms with van der Waals surface area (Å²) in [6.07, 6.45) is 1.39. The minimum absolute atomic E-state index is 0.133. The van der Waals surface area contributed by atoms with Crippen LogP contribution in [0.5, 0.6) is 0 Å². The van der Waals surface area contributed by atoms with Crippen molar-refractivity contribution in [2.24, 2.45) is 0 Å². The molecule has 0 unspecified atom stereocenters. The smallest absolute Gasteiger partial charge is 0.303 e. The molecule has 2 heterocycles. The van der Waals surface area contributed by atoms with Crippen LogP contribution in [0.3, 0.4) is 0 Å². The molecule has 2 aromatic heterocycles. The number of aryl methyl sites for hydroxylation is 1. The monoisotopic (exact) mass is 307 g/mol. The number of hydrogen-bond acceptors (Lipinski definition) is 3. The van der Waals surface area contributed by atoms with E-state index < -0.39 is 11.7 Å². The van der Waals surface area contributed by atoms with Crippen LogP contribution in [0.2, 0.25) is 0 Å². The molecule has 1 atom stereocenters. The third-order valence-corrected chi connectivity index (χ3v) is 3.88. The summed E-state index contributed by atoms with van der Waals surface area (Å²) in [4.78, 5) is 8.31. The first-order valence-corrected chi connectivity index (χ1v) is 7.23. The van der Waals surface area contributed by atoms with E-state index in [9.17, 15) is 13.2 Å². The standard InChI is InChI=1S/C16H16F3N3/c17-16(18,19)12-6-7-13(21-9-12)10-22-14-5-1-3-11-4-2-8-20-15(11)14/h2,4,6-9,14,22H,1,3,5,10H2/t14-/m1/s1. The van der Waals surface area contributed by atoms with E-state index in [1.807, 2.05) is 6.07 Å². The second-order valence-electron chi connectivity index (χ2n) is 5.41. The molecule has 116 valence electrons. The van der Waals surface area contributed by atoms with E-state index in [1.165, 1.54) is 11.6 Å². The maximum absolute atomic E-state index is 12.5. The van der Waals surface area contributed by atoms with Gasteiger partial charge in [-0.15, -0.1) is 0 Å². The van der Waals surface area contributed by atoms with Crippen LogP contribution in [0.15, 0.2) is 36.7 Å². The minimum Gasteiger partial charge on any atom is -0.303 e. The number of fused-ring (bicyclic) bond motifs is 1. The summed E-state index contributed by atoms with van der Waals surface area (Å²) in [5, 5.41) is 3.35. The van der Waals surface area contributed by atoms with Crippen LogP contribution < -0.4 is 5.32 Å². The molecule has 2 aromatic rings. The highest BCUT2D eigenvalue weighted by Gasteiger charge is 2.30. The van der Waals surface area contributed by atoms with Crippen LogP contribution in [0.4, 0.5) is 13.2 Å². The van der Waals surface area contributed by atoms with Crippen molar-refractivity contribution in [3.63, 3.8) is 0 Å². The number of rotatable bonds is 3. The fourth-order valence-electron chi connectivity index (χ4n) is 2.73. The predicted molar refractivity (Wildman–Crippen MR) is 76.0 cm³/mol. The molecule has 1 aliphatic carbocycles. The van der Waals surface area contributed by atoms with Gasteiger partial charge < -0.3 is 5.32 Å². The molecule has 0 aliphatic heterocycles. The summed E-state index contributed by atoms with van der Waals surface area (Å²) >= 11 is 0. The first-order valence-electron chi connectivity index (χ1n) is 7.23. The molecule has 6 heteroatoms. The van der Waals surface area contributed by atoms with Crippen molar-refractivity contribution in [3.05, 3.63) is 59.2 Å². The van der Waals surface area contributed by atoms with Gasteiger partial charge in [-0.3, -0.25) is 9.97 Å². The maximum Gasteiger partial charge on any atom is 0.417 e. The molecule has 0 fully saturated rings. The molecule has 0 bridgehead atoms. The van der Waals surface area contributed by atoms with Crippen molar-refractivity contribution in [3.8, 4) is 0 Å². The zero-order chi connectivity index (χ0) is 15.6. The number of nitrogens with one attached hydrogen (secondary N) is 1. The van der Waals surface area contributed by atoms with Gasteiger partial charge in [0, 0.05) is 18.9 Å². The predicted octanol–water partition coefficient (Wildman–Crippen LogP) is 3.66. The topological polar surface area (TPSA) is 37.8 Å². The van der Waals surface area contributed by atoms with Gasteiger partial charge in [0.15, 0.2) is 0 Å². The Balaban J connectivity index is 1.66. The molecule has 22 heavy (non-hydrogen) atoms. The van der Waals surface area contributed by atoms with Crippen LogP contribution in [0.25, 0.3) is 0 Å². The van der Waals surface area contributed by atoms with Crippen LogP contribution >= 0.6 is 0 Å². The quantitative estimate of drug-likeness (QED) is 0.940. The Labute approximate surface area is 126 Å². The maximum atomic E-state index is 12.5. The Morgan fingerprint density at radius 1 is 1.18 bits per heavy atom. The Morgan fingerprint density at radius 3 is 2.77 bits per heavy atom. The van der Waals surface area contributed by atoms with Crippen molar-refractivity contribution >= 4 is 0 Å². The summed E-state index contributed by atoms with van der Waals surface area (Å²) in [6, 6.07) is 6.62. The highest BCUT2D eigenvalue weighted by Crippen LogP contribution is 2.29. The second-order valence-corrected chi connectivity index (χ2v) is 5.41. The zero-order valence-electron chi connectivity index (χ0n) is 11.9. The normalized spacial score (nSPS) is 18.0. The largest absolute Gasteiger partial charge is 0.417 e. The number of alkyl halides is 3. The molecule has 0 saturated carbocycles. The van der Waals surface area contributed by atoms with E-state index in [2.05, 4.69) is 21.4 Å². The van der Waals surface area contributed by atoms with E-state index in [0.717, 1.165) is 37.2 Å². The summed E-state index contributed by atoms with van der Waals surface area (Å²) in [5.41, 5.74) is 2.16. The number of aromatic nitrogens is 2. The van der Waals surface area contributed by atoms with Crippen molar-refractivity contribution < 1.29 is 13.2 Å². The van der Waals surface area contributed by atoms with Gasteiger partial charge in [0.05, 0.1) is 23.0 Å². The molecule has 0 amide bonds. The third-order valence-electron chi connectivity index (χ3n) is 3.88. The molecular weight excluding hydrogens is 291 g/mol. The van der Waals surface area contributed by atoms with E-state index in [0.29, 0.717) is 12.2 Å². The molecule has 0 saturated heterocycles. The lowest BCUT2D eigenvalue weighted by molar-refractivity contribution is -0.137. The summed E-state index contributed by atoms with van der Waals surface area (Å²) in [7, 11) is 0. The summed E-state index contributed by atoms with van der Waals surface area (Å²) in [6.45, 7) is 0.429. The van der Waals surface area contributed by atoms with E-state index in [-0.39, 0.29) is 6.04 Å². The van der Waals surface area contributed by atoms with Crippen molar-refractivity contribution in [1.29, 1.82) is 0 Å². The lowest BCUT2D eigenvalue weighted by atomic mass is 9.92. The number of halogens is 3. The zero-order valence-corrected chi connectivity index (χ0v) is 11.9. The highest BCUT2D eigenvalue weighted by atomic mass is 19.4. The van der Waals surface area contributed by atoms with Crippen LogP contribution in [-0.2, 0) is 19.1 Å². The van der Waals surface area contributed by atoms with Gasteiger partial charge in [-0.25, -0.2) is 0 Å². The number of nitrogens with zero attached hydrogens (tertiary/aromatic N) is 2. The lowest BCUT2D eigenvalue weighted by Gasteiger charge is -2.25. The van der Waals surface area contributed by atoms with Gasteiger partial charge in [-0.05, 0) is 43.0 Å². The van der Waals surface area contributed by atoms with Crippen molar-refractivity contribution in [2.75, 3.05) is 0 Å². The van der Waals surface area contributed by atoms with Gasteiger partial charge >= 0.3 is 6.18 Å². The molecule has 0 spiro atoms. The number of pyridine rings is 2. The Morgan fingerprint density at radius 2 is 2.05 bits per heavy atom. The Bertz CT molecular complexity index is 638. The molecule has 0 aromatic carbocycles. The van der Waals surface area contributed by atoms with E-state index in [1.54, 1.807) is 6.20 Å². The first-order chi connectivity index (χ1) is 10.5. The first kappa shape index (κ1) is 15.0. The molecule has 0 radical (unpaired) electrons. The van der Waals surface area contributed by atoms with Crippen LogP contribution in [0.1, 0.15) is 41.4 Å². The molecule has 1 N–H and O–H groups in total. The van der Waals surface area contributed by atoms with Gasteiger partial charge in [0.2, 0.25) is 0 Å². The SMILES string of the molecule is FC(F)(F)c1ccc(CN[C@@H]2CCCc3cccnc32)nc1. The molecular formula is C16H16F3N3. The average Bonchev–Trinajstić information content (AvgIpc) is 2.52. The van der Waals surface area contributed by atoms with Crippen molar-refractivity contribution in [2.45, 2.75) is 38.0 Å². The summed E-state index contributed by atoms with van der Waals surface area (Å²) < 4.78 is 37.5. The minimum atomic E-state index is -4.34. The molecule has 1 aliphatic rings.